The van der Waals surface area contributed by atoms with Crippen molar-refractivity contribution in [1.29, 1.82) is 0 Å². The summed E-state index contributed by atoms with van der Waals surface area (Å²) in [4.78, 5) is 8.92. The number of aromatic amines is 1. The first-order chi connectivity index (χ1) is 12.6. The number of H-pyrrole nitrogens is 1. The fourth-order valence-electron chi connectivity index (χ4n) is 2.87. The van der Waals surface area contributed by atoms with Crippen molar-refractivity contribution >= 4 is 16.7 Å². The van der Waals surface area contributed by atoms with Gasteiger partial charge in [0, 0.05) is 35.4 Å². The molecule has 0 bridgehead atoms. The second kappa shape index (κ2) is 6.59. The lowest BCUT2D eigenvalue weighted by Gasteiger charge is -2.08. The minimum Gasteiger partial charge on any atom is -0.381 e. The summed E-state index contributed by atoms with van der Waals surface area (Å²) in [6.45, 7) is 6.80. The van der Waals surface area contributed by atoms with Gasteiger partial charge < -0.3 is 5.32 Å². The van der Waals surface area contributed by atoms with Crippen LogP contribution in [0, 0.1) is 6.92 Å². The van der Waals surface area contributed by atoms with Crippen molar-refractivity contribution in [1.82, 2.24) is 29.9 Å². The number of aryl methyl sites for hydroxylation is 1. The molecule has 0 fully saturated rings. The third kappa shape index (κ3) is 3.15. The molecule has 4 rings (SSSR count). The summed E-state index contributed by atoms with van der Waals surface area (Å²) in [5, 5.41) is 15.9. The fraction of sp³-hybridized carbons (Fsp3) is 0.263. The van der Waals surface area contributed by atoms with Crippen LogP contribution in [0.1, 0.15) is 31.3 Å². The highest BCUT2D eigenvalue weighted by atomic mass is 15.3. The Bertz CT molecular complexity index is 1030. The van der Waals surface area contributed by atoms with Crippen molar-refractivity contribution in [3.8, 4) is 11.4 Å². The predicted octanol–water partition coefficient (Wildman–Crippen LogP) is 3.72. The first-order valence-corrected chi connectivity index (χ1v) is 8.65. The smallest absolute Gasteiger partial charge is 0.181 e. The van der Waals surface area contributed by atoms with Crippen LogP contribution in [0.5, 0.6) is 0 Å². The second-order valence-corrected chi connectivity index (χ2v) is 6.61. The minimum absolute atomic E-state index is 0.301. The standard InChI is InChI=1S/C19H21N7/c1-12(2)26-19-16(11-22-26)8-14(10-21-19)9-20-17-6-4-15(5-7-17)18-23-13(3)24-25-18/h4-8,10-12,20H,9H2,1-3H3,(H,23,24,25). The number of nitrogens with one attached hydrogen (secondary N) is 2. The molecule has 0 aliphatic heterocycles. The van der Waals surface area contributed by atoms with Crippen LogP contribution >= 0.6 is 0 Å². The SMILES string of the molecule is Cc1nc(-c2ccc(NCc3cnc4c(cnn4C(C)C)c3)cc2)n[nH]1. The molecule has 0 aliphatic carbocycles. The van der Waals surface area contributed by atoms with E-state index in [2.05, 4.69) is 50.5 Å². The average molecular weight is 347 g/mol. The molecule has 0 saturated heterocycles. The molecule has 2 N–H and O–H groups in total. The van der Waals surface area contributed by atoms with Gasteiger partial charge in [-0.25, -0.2) is 14.6 Å². The number of anilines is 1. The van der Waals surface area contributed by atoms with Gasteiger partial charge in [-0.2, -0.15) is 10.2 Å². The second-order valence-electron chi connectivity index (χ2n) is 6.61. The number of pyridine rings is 1. The summed E-state index contributed by atoms with van der Waals surface area (Å²) in [6, 6.07) is 10.5. The van der Waals surface area contributed by atoms with E-state index in [0.29, 0.717) is 18.4 Å². The Morgan fingerprint density at radius 3 is 2.65 bits per heavy atom. The maximum Gasteiger partial charge on any atom is 0.181 e. The minimum atomic E-state index is 0.301. The van der Waals surface area contributed by atoms with E-state index in [-0.39, 0.29) is 0 Å². The monoisotopic (exact) mass is 347 g/mol. The van der Waals surface area contributed by atoms with E-state index in [0.717, 1.165) is 33.7 Å². The predicted molar refractivity (Wildman–Crippen MR) is 102 cm³/mol. The molecular formula is C19H21N7. The largest absolute Gasteiger partial charge is 0.381 e. The molecule has 3 heterocycles. The first kappa shape index (κ1) is 16.3. The quantitative estimate of drug-likeness (QED) is 0.575. The Balaban J connectivity index is 1.46. The van der Waals surface area contributed by atoms with Gasteiger partial charge in [0.05, 0.1) is 6.20 Å². The zero-order valence-corrected chi connectivity index (χ0v) is 15.1. The summed E-state index contributed by atoms with van der Waals surface area (Å²) in [5.41, 5.74) is 4.08. The number of hydrogen-bond acceptors (Lipinski definition) is 5. The lowest BCUT2D eigenvalue weighted by atomic mass is 10.2. The van der Waals surface area contributed by atoms with E-state index in [9.17, 15) is 0 Å². The zero-order valence-electron chi connectivity index (χ0n) is 15.1. The molecular weight excluding hydrogens is 326 g/mol. The average Bonchev–Trinajstić information content (AvgIpc) is 3.26. The lowest BCUT2D eigenvalue weighted by molar-refractivity contribution is 0.546. The van der Waals surface area contributed by atoms with E-state index in [4.69, 9.17) is 0 Å². The number of aromatic nitrogens is 6. The first-order valence-electron chi connectivity index (χ1n) is 8.65. The third-order valence-corrected chi connectivity index (χ3v) is 4.22. The molecule has 0 spiro atoms. The fourth-order valence-corrected chi connectivity index (χ4v) is 2.87. The molecule has 132 valence electrons. The lowest BCUT2D eigenvalue weighted by Crippen LogP contribution is -2.04. The highest BCUT2D eigenvalue weighted by Crippen LogP contribution is 2.20. The van der Waals surface area contributed by atoms with Gasteiger partial charge in [-0.15, -0.1) is 0 Å². The molecule has 1 aromatic carbocycles. The van der Waals surface area contributed by atoms with Crippen LogP contribution in [-0.2, 0) is 6.54 Å². The van der Waals surface area contributed by atoms with Gasteiger partial charge >= 0.3 is 0 Å². The molecule has 0 unspecified atom stereocenters. The van der Waals surface area contributed by atoms with Crippen molar-refractivity contribution in [3.63, 3.8) is 0 Å². The molecule has 4 aromatic rings. The van der Waals surface area contributed by atoms with E-state index < -0.39 is 0 Å². The summed E-state index contributed by atoms with van der Waals surface area (Å²) in [7, 11) is 0. The Morgan fingerprint density at radius 1 is 1.15 bits per heavy atom. The molecule has 0 aliphatic rings. The molecule has 3 aromatic heterocycles. The Morgan fingerprint density at radius 2 is 1.96 bits per heavy atom. The van der Waals surface area contributed by atoms with Gasteiger partial charge in [-0.1, -0.05) is 0 Å². The summed E-state index contributed by atoms with van der Waals surface area (Å²) >= 11 is 0. The van der Waals surface area contributed by atoms with Crippen molar-refractivity contribution < 1.29 is 0 Å². The molecule has 7 heteroatoms. The van der Waals surface area contributed by atoms with Crippen molar-refractivity contribution in [2.24, 2.45) is 0 Å². The number of benzene rings is 1. The van der Waals surface area contributed by atoms with Gasteiger partial charge in [0.15, 0.2) is 11.5 Å². The van der Waals surface area contributed by atoms with Gasteiger partial charge in [-0.3, -0.25) is 5.10 Å². The van der Waals surface area contributed by atoms with E-state index >= 15 is 0 Å². The van der Waals surface area contributed by atoms with Crippen molar-refractivity contribution in [2.45, 2.75) is 33.4 Å². The molecule has 0 radical (unpaired) electrons. The summed E-state index contributed by atoms with van der Waals surface area (Å²) in [5.74, 6) is 1.52. The van der Waals surface area contributed by atoms with Crippen LogP contribution in [0.2, 0.25) is 0 Å². The van der Waals surface area contributed by atoms with Crippen LogP contribution in [0.4, 0.5) is 5.69 Å². The Hall–Kier alpha value is -3.22. The maximum atomic E-state index is 4.57. The van der Waals surface area contributed by atoms with Crippen LogP contribution in [0.25, 0.3) is 22.4 Å². The number of nitrogens with zero attached hydrogens (tertiary/aromatic N) is 5. The maximum absolute atomic E-state index is 4.57. The normalized spacial score (nSPS) is 11.4. The molecule has 0 atom stereocenters. The van der Waals surface area contributed by atoms with Crippen molar-refractivity contribution in [2.75, 3.05) is 5.32 Å². The zero-order chi connectivity index (χ0) is 18.1. The Kier molecular flexibility index (Phi) is 4.12. The topological polar surface area (TPSA) is 84.3 Å². The summed E-state index contributed by atoms with van der Waals surface area (Å²) in [6.07, 6.45) is 3.78. The number of fused-ring (bicyclic) bond motifs is 1. The Labute approximate surface area is 151 Å². The molecule has 26 heavy (non-hydrogen) atoms. The van der Waals surface area contributed by atoms with E-state index in [1.54, 1.807) is 0 Å². The van der Waals surface area contributed by atoms with Crippen LogP contribution in [-0.4, -0.2) is 29.9 Å². The molecule has 0 amide bonds. The van der Waals surface area contributed by atoms with Gasteiger partial charge in [-0.05, 0) is 56.7 Å². The van der Waals surface area contributed by atoms with E-state index in [1.807, 2.05) is 48.3 Å². The number of hydrogen-bond donors (Lipinski definition) is 2. The molecule has 0 saturated carbocycles. The third-order valence-electron chi connectivity index (χ3n) is 4.22. The van der Waals surface area contributed by atoms with Gasteiger partial charge in [0.1, 0.15) is 5.82 Å². The highest BCUT2D eigenvalue weighted by Gasteiger charge is 2.08. The van der Waals surface area contributed by atoms with Crippen molar-refractivity contribution in [3.05, 3.63) is 54.1 Å². The number of rotatable bonds is 5. The van der Waals surface area contributed by atoms with E-state index in [1.165, 1.54) is 0 Å². The van der Waals surface area contributed by atoms with Gasteiger partial charge in [0.2, 0.25) is 0 Å². The van der Waals surface area contributed by atoms with Crippen LogP contribution in [0.3, 0.4) is 0 Å². The molecule has 7 nitrogen and oxygen atoms in total. The van der Waals surface area contributed by atoms with Gasteiger partial charge in [0.25, 0.3) is 0 Å². The van der Waals surface area contributed by atoms with Crippen LogP contribution < -0.4 is 5.32 Å². The summed E-state index contributed by atoms with van der Waals surface area (Å²) < 4.78 is 1.94. The van der Waals surface area contributed by atoms with Crippen LogP contribution in [0.15, 0.2) is 42.7 Å². The highest BCUT2D eigenvalue weighted by molar-refractivity contribution is 5.75.